The molecule has 6 heteroatoms. The minimum absolute atomic E-state index is 0.412. The van der Waals surface area contributed by atoms with Crippen LogP contribution in [0.2, 0.25) is 5.02 Å². The Hall–Kier alpha value is -2.53. The first-order valence-electron chi connectivity index (χ1n) is 7.66. The normalized spacial score (nSPS) is 10.9. The molecular formula is C18H16ClNO4. The molecule has 0 amide bonds. The van der Waals surface area contributed by atoms with Crippen molar-refractivity contribution in [1.82, 2.24) is 4.57 Å². The number of nitrogens with zero attached hydrogens (tertiary/aromatic N) is 1. The van der Waals surface area contributed by atoms with Gasteiger partial charge >= 0.3 is 11.4 Å². The van der Waals surface area contributed by atoms with Crippen molar-refractivity contribution < 1.29 is 9.15 Å². The number of halogens is 1. The molecule has 3 rings (SSSR count). The molecular weight excluding hydrogens is 330 g/mol. The molecule has 0 aliphatic rings. The van der Waals surface area contributed by atoms with Crippen molar-refractivity contribution in [2.24, 2.45) is 0 Å². The number of fused-ring (bicyclic) bond motifs is 1. The molecule has 0 saturated carbocycles. The maximum atomic E-state index is 11.9. The summed E-state index contributed by atoms with van der Waals surface area (Å²) < 4.78 is 11.9. The van der Waals surface area contributed by atoms with Gasteiger partial charge in [0.05, 0.1) is 17.5 Å². The van der Waals surface area contributed by atoms with E-state index in [9.17, 15) is 9.59 Å². The minimum atomic E-state index is -0.627. The Labute approximate surface area is 143 Å². The minimum Gasteiger partial charge on any atom is -0.494 e. The number of hydrogen-bond donors (Lipinski definition) is 0. The van der Waals surface area contributed by atoms with Crippen LogP contribution in [0.25, 0.3) is 10.9 Å². The predicted molar refractivity (Wildman–Crippen MR) is 92.9 cm³/mol. The van der Waals surface area contributed by atoms with E-state index in [0.29, 0.717) is 29.1 Å². The van der Waals surface area contributed by atoms with Gasteiger partial charge in [-0.1, -0.05) is 23.7 Å². The van der Waals surface area contributed by atoms with Crippen LogP contribution >= 0.6 is 11.6 Å². The highest BCUT2D eigenvalue weighted by molar-refractivity contribution is 6.30. The van der Waals surface area contributed by atoms with Gasteiger partial charge in [-0.2, -0.15) is 0 Å². The van der Waals surface area contributed by atoms with Crippen LogP contribution in [0.15, 0.2) is 62.5 Å². The molecule has 0 spiro atoms. The largest absolute Gasteiger partial charge is 0.494 e. The molecule has 0 aliphatic heterocycles. The van der Waals surface area contributed by atoms with Crippen molar-refractivity contribution in [2.45, 2.75) is 19.4 Å². The number of aryl methyl sites for hydroxylation is 1. The molecule has 0 atom stereocenters. The maximum Gasteiger partial charge on any atom is 0.422 e. The molecule has 1 heterocycles. The summed E-state index contributed by atoms with van der Waals surface area (Å²) in [7, 11) is 0. The van der Waals surface area contributed by atoms with E-state index in [1.807, 2.05) is 12.1 Å². The monoisotopic (exact) mass is 345 g/mol. The number of hydrogen-bond acceptors (Lipinski definition) is 4. The number of unbranched alkanes of at least 4 members (excludes halogenated alkanes) is 1. The molecule has 124 valence electrons. The van der Waals surface area contributed by atoms with E-state index in [2.05, 4.69) is 0 Å². The summed E-state index contributed by atoms with van der Waals surface area (Å²) in [5, 5.41) is 1.08. The zero-order chi connectivity index (χ0) is 16.9. The Kier molecular flexibility index (Phi) is 5.01. The van der Waals surface area contributed by atoms with E-state index in [4.69, 9.17) is 20.8 Å². The number of aromatic nitrogens is 1. The molecule has 2 aromatic carbocycles. The molecule has 0 saturated heterocycles. The highest BCUT2D eigenvalue weighted by Crippen LogP contribution is 2.16. The average Bonchev–Trinajstić information content (AvgIpc) is 2.59. The Bertz CT molecular complexity index is 944. The van der Waals surface area contributed by atoms with Crippen LogP contribution in [0, 0.1) is 0 Å². The number of para-hydroxylation sites is 1. The van der Waals surface area contributed by atoms with E-state index in [1.165, 1.54) is 4.57 Å². The zero-order valence-corrected chi connectivity index (χ0v) is 13.7. The van der Waals surface area contributed by atoms with Crippen LogP contribution in [0.1, 0.15) is 12.8 Å². The first-order valence-corrected chi connectivity index (χ1v) is 8.04. The van der Waals surface area contributed by atoms with Crippen LogP contribution in [0.5, 0.6) is 5.75 Å². The van der Waals surface area contributed by atoms with Crippen LogP contribution in [-0.4, -0.2) is 11.2 Å². The maximum absolute atomic E-state index is 11.9. The van der Waals surface area contributed by atoms with E-state index < -0.39 is 11.4 Å². The molecule has 0 radical (unpaired) electrons. The molecule has 0 fully saturated rings. The van der Waals surface area contributed by atoms with Crippen molar-refractivity contribution in [3.8, 4) is 5.75 Å². The van der Waals surface area contributed by atoms with Gasteiger partial charge < -0.3 is 9.15 Å². The summed E-state index contributed by atoms with van der Waals surface area (Å²) in [4.78, 5) is 23.6. The van der Waals surface area contributed by atoms with E-state index in [1.54, 1.807) is 36.4 Å². The summed E-state index contributed by atoms with van der Waals surface area (Å²) in [6, 6.07) is 14.1. The lowest BCUT2D eigenvalue weighted by Crippen LogP contribution is -2.25. The Morgan fingerprint density at radius 3 is 2.54 bits per heavy atom. The smallest absolute Gasteiger partial charge is 0.422 e. The van der Waals surface area contributed by atoms with Crippen molar-refractivity contribution >= 4 is 22.5 Å². The van der Waals surface area contributed by atoms with E-state index >= 15 is 0 Å². The number of ether oxygens (including phenoxy) is 1. The Balaban J connectivity index is 1.61. The topological polar surface area (TPSA) is 61.4 Å². The second-order valence-corrected chi connectivity index (χ2v) is 5.77. The number of benzene rings is 2. The van der Waals surface area contributed by atoms with Crippen molar-refractivity contribution in [3.63, 3.8) is 0 Å². The van der Waals surface area contributed by atoms with Gasteiger partial charge in [-0.3, -0.25) is 4.57 Å². The molecule has 0 unspecified atom stereocenters. The second-order valence-electron chi connectivity index (χ2n) is 5.33. The fraction of sp³-hybridized carbons (Fsp3) is 0.222. The summed E-state index contributed by atoms with van der Waals surface area (Å²) >= 11 is 5.82. The van der Waals surface area contributed by atoms with E-state index in [-0.39, 0.29) is 0 Å². The molecule has 0 N–H and O–H groups in total. The van der Waals surface area contributed by atoms with Gasteiger partial charge in [-0.25, -0.2) is 9.59 Å². The summed E-state index contributed by atoms with van der Waals surface area (Å²) in [6.07, 6.45) is 1.49. The molecule has 0 aliphatic carbocycles. The summed E-state index contributed by atoms with van der Waals surface area (Å²) in [6.45, 7) is 0.998. The van der Waals surface area contributed by atoms with Crippen molar-refractivity contribution in [2.75, 3.05) is 6.61 Å². The lowest BCUT2D eigenvalue weighted by atomic mass is 10.2. The lowest BCUT2D eigenvalue weighted by Gasteiger charge is -2.09. The van der Waals surface area contributed by atoms with Gasteiger partial charge in [0, 0.05) is 11.6 Å². The van der Waals surface area contributed by atoms with Crippen molar-refractivity contribution in [1.29, 1.82) is 0 Å². The van der Waals surface area contributed by atoms with Gasteiger partial charge in [0.15, 0.2) is 0 Å². The average molecular weight is 346 g/mol. The highest BCUT2D eigenvalue weighted by atomic mass is 35.5. The van der Waals surface area contributed by atoms with Crippen LogP contribution in [0.3, 0.4) is 0 Å². The summed E-state index contributed by atoms with van der Waals surface area (Å²) in [5.41, 5.74) is -0.00436. The quantitative estimate of drug-likeness (QED) is 0.642. The van der Waals surface area contributed by atoms with Gasteiger partial charge in [-0.05, 0) is 49.2 Å². The van der Waals surface area contributed by atoms with Gasteiger partial charge in [0.1, 0.15) is 5.75 Å². The van der Waals surface area contributed by atoms with Crippen LogP contribution in [0.4, 0.5) is 0 Å². The van der Waals surface area contributed by atoms with Crippen LogP contribution in [-0.2, 0) is 6.54 Å². The SMILES string of the molecule is O=c1oc(=O)n(CCCCOc2ccc(Cl)cc2)c2ccccc12. The first kappa shape index (κ1) is 16.3. The summed E-state index contributed by atoms with van der Waals surface area (Å²) in [5.74, 6) is 0.130. The third-order valence-corrected chi connectivity index (χ3v) is 3.93. The first-order chi connectivity index (χ1) is 11.6. The standard InChI is InChI=1S/C18H16ClNO4/c19-13-7-9-14(10-8-13)23-12-4-3-11-20-16-6-2-1-5-15(16)17(21)24-18(20)22/h1-2,5-10H,3-4,11-12H2. The fourth-order valence-electron chi connectivity index (χ4n) is 2.47. The third kappa shape index (κ3) is 3.68. The van der Waals surface area contributed by atoms with Gasteiger partial charge in [-0.15, -0.1) is 0 Å². The molecule has 3 aromatic rings. The molecule has 24 heavy (non-hydrogen) atoms. The number of rotatable bonds is 6. The van der Waals surface area contributed by atoms with Gasteiger partial charge in [0.2, 0.25) is 0 Å². The lowest BCUT2D eigenvalue weighted by molar-refractivity contribution is 0.301. The van der Waals surface area contributed by atoms with Crippen molar-refractivity contribution in [3.05, 3.63) is 74.5 Å². The molecule has 0 bridgehead atoms. The highest BCUT2D eigenvalue weighted by Gasteiger charge is 2.08. The fourth-order valence-corrected chi connectivity index (χ4v) is 2.60. The Morgan fingerprint density at radius 1 is 1.00 bits per heavy atom. The third-order valence-electron chi connectivity index (χ3n) is 3.67. The second kappa shape index (κ2) is 7.36. The van der Waals surface area contributed by atoms with Gasteiger partial charge in [0.25, 0.3) is 0 Å². The Morgan fingerprint density at radius 2 is 1.75 bits per heavy atom. The predicted octanol–water partition coefficient (Wildman–Crippen LogP) is 3.47. The molecule has 1 aromatic heterocycles. The molecule has 5 nitrogen and oxygen atoms in total. The van der Waals surface area contributed by atoms with E-state index in [0.717, 1.165) is 18.6 Å². The zero-order valence-electron chi connectivity index (χ0n) is 12.9. The van der Waals surface area contributed by atoms with Crippen LogP contribution < -0.4 is 16.1 Å².